The van der Waals surface area contributed by atoms with Crippen molar-refractivity contribution in [1.82, 2.24) is 4.98 Å². The molecule has 1 fully saturated rings. The second-order valence-electron chi connectivity index (χ2n) is 7.20. The van der Waals surface area contributed by atoms with Gasteiger partial charge in [0.05, 0.1) is 5.56 Å². The molecule has 0 unspecified atom stereocenters. The monoisotopic (exact) mass is 353 g/mol. The molecule has 3 rings (SSSR count). The fourth-order valence-electron chi connectivity index (χ4n) is 3.76. The lowest BCUT2D eigenvalue weighted by atomic mass is 9.77. The van der Waals surface area contributed by atoms with Crippen molar-refractivity contribution in [1.29, 1.82) is 0 Å². The number of unbranched alkanes of at least 4 members (excludes halogenated alkanes) is 1. The van der Waals surface area contributed by atoms with Gasteiger partial charge in [-0.05, 0) is 67.3 Å². The smallest absolute Gasteiger partial charge is 0.189 e. The molecule has 1 aromatic heterocycles. The molecule has 1 nitrogen and oxygen atoms in total. The molecular formula is C23H25F2N. The normalized spacial score (nSPS) is 19.7. The van der Waals surface area contributed by atoms with Crippen LogP contribution in [-0.2, 0) is 0 Å². The zero-order valence-electron chi connectivity index (χ0n) is 15.3. The largest absolute Gasteiger partial charge is 0.231 e. The summed E-state index contributed by atoms with van der Waals surface area (Å²) in [5, 5.41) is 0. The van der Waals surface area contributed by atoms with Gasteiger partial charge < -0.3 is 0 Å². The van der Waals surface area contributed by atoms with Crippen molar-refractivity contribution in [2.75, 3.05) is 0 Å². The van der Waals surface area contributed by atoms with Crippen LogP contribution in [0.5, 0.6) is 0 Å². The minimum absolute atomic E-state index is 0.112. The number of rotatable bonds is 4. The molecule has 1 saturated carbocycles. The molecule has 1 aromatic carbocycles. The number of aromatic nitrogens is 1. The highest BCUT2D eigenvalue weighted by atomic mass is 19.1. The van der Waals surface area contributed by atoms with Crippen LogP contribution in [0.1, 0.15) is 74.5 Å². The van der Waals surface area contributed by atoms with E-state index in [0.29, 0.717) is 5.92 Å². The van der Waals surface area contributed by atoms with E-state index in [4.69, 9.17) is 0 Å². The van der Waals surface area contributed by atoms with E-state index in [1.807, 2.05) is 12.1 Å². The van der Waals surface area contributed by atoms with Crippen molar-refractivity contribution >= 4 is 0 Å². The lowest BCUT2D eigenvalue weighted by Crippen LogP contribution is -2.13. The predicted molar refractivity (Wildman–Crippen MR) is 101 cm³/mol. The van der Waals surface area contributed by atoms with Crippen molar-refractivity contribution in [3.05, 3.63) is 65.0 Å². The summed E-state index contributed by atoms with van der Waals surface area (Å²) in [6.07, 6.45) is 9.24. The first kappa shape index (κ1) is 18.6. The zero-order valence-corrected chi connectivity index (χ0v) is 15.3. The Labute approximate surface area is 154 Å². The lowest BCUT2D eigenvalue weighted by Gasteiger charge is -2.28. The Morgan fingerprint density at radius 2 is 1.69 bits per heavy atom. The van der Waals surface area contributed by atoms with Crippen molar-refractivity contribution in [2.24, 2.45) is 5.92 Å². The average molecular weight is 353 g/mol. The van der Waals surface area contributed by atoms with Crippen molar-refractivity contribution < 1.29 is 8.78 Å². The second kappa shape index (κ2) is 8.94. The zero-order chi connectivity index (χ0) is 18.4. The topological polar surface area (TPSA) is 12.9 Å². The second-order valence-corrected chi connectivity index (χ2v) is 7.20. The molecule has 136 valence electrons. The van der Waals surface area contributed by atoms with Crippen molar-refractivity contribution in [2.45, 2.75) is 57.8 Å². The summed E-state index contributed by atoms with van der Waals surface area (Å²) in [5.74, 6) is 5.52. The standard InChI is InChI=1S/C23H25F2N/c1-2-3-4-17-5-10-19(11-6-17)20-12-7-18(8-13-20)9-14-21-15-16-22(24)26-23(21)25/h7-8,12-13,15-17,19H,2-6,10-11H2,1H3/t17-,19-. The van der Waals surface area contributed by atoms with Crippen LogP contribution in [0.2, 0.25) is 0 Å². The summed E-state index contributed by atoms with van der Waals surface area (Å²) < 4.78 is 26.3. The maximum Gasteiger partial charge on any atom is 0.231 e. The highest BCUT2D eigenvalue weighted by Gasteiger charge is 2.21. The van der Waals surface area contributed by atoms with Gasteiger partial charge in [-0.1, -0.05) is 50.2 Å². The molecule has 0 amide bonds. The molecule has 3 heteroatoms. The van der Waals surface area contributed by atoms with Crippen molar-refractivity contribution in [3.8, 4) is 11.8 Å². The molecule has 0 radical (unpaired) electrons. The predicted octanol–water partition coefficient (Wildman–Crippen LogP) is 6.22. The molecule has 2 aromatic rings. The SMILES string of the molecule is CCCC[C@H]1CC[C@H](c2ccc(C#Cc3ccc(F)nc3F)cc2)CC1. The van der Waals surface area contributed by atoms with Crippen LogP contribution in [-0.4, -0.2) is 4.98 Å². The fourth-order valence-corrected chi connectivity index (χ4v) is 3.76. The van der Waals surface area contributed by atoms with Crippen LogP contribution >= 0.6 is 0 Å². The third-order valence-electron chi connectivity index (χ3n) is 5.35. The van der Waals surface area contributed by atoms with Gasteiger partial charge in [0.15, 0.2) is 0 Å². The molecule has 0 bridgehead atoms. The van der Waals surface area contributed by atoms with Gasteiger partial charge in [-0.2, -0.15) is 13.8 Å². The summed E-state index contributed by atoms with van der Waals surface area (Å²) in [6, 6.07) is 10.7. The number of nitrogens with zero attached hydrogens (tertiary/aromatic N) is 1. The van der Waals surface area contributed by atoms with Crippen LogP contribution < -0.4 is 0 Å². The van der Waals surface area contributed by atoms with Gasteiger partial charge >= 0.3 is 0 Å². The first-order valence-corrected chi connectivity index (χ1v) is 9.59. The Bertz CT molecular complexity index is 778. The summed E-state index contributed by atoms with van der Waals surface area (Å²) in [6.45, 7) is 2.26. The molecule has 0 saturated heterocycles. The summed E-state index contributed by atoms with van der Waals surface area (Å²) >= 11 is 0. The molecule has 0 aliphatic heterocycles. The molecule has 0 spiro atoms. The molecule has 26 heavy (non-hydrogen) atoms. The molecule has 1 heterocycles. The number of hydrogen-bond acceptors (Lipinski definition) is 1. The Balaban J connectivity index is 1.60. The van der Waals surface area contributed by atoms with E-state index in [9.17, 15) is 8.78 Å². The lowest BCUT2D eigenvalue weighted by molar-refractivity contribution is 0.304. The van der Waals surface area contributed by atoms with Gasteiger partial charge in [0.1, 0.15) is 0 Å². The highest BCUT2D eigenvalue weighted by molar-refractivity contribution is 5.43. The van der Waals surface area contributed by atoms with Gasteiger partial charge in [0.2, 0.25) is 11.9 Å². The molecule has 0 atom stereocenters. The van der Waals surface area contributed by atoms with E-state index in [2.05, 4.69) is 35.9 Å². The van der Waals surface area contributed by atoms with Crippen LogP contribution in [0.3, 0.4) is 0 Å². The van der Waals surface area contributed by atoms with E-state index < -0.39 is 11.9 Å². The maximum absolute atomic E-state index is 13.5. The highest BCUT2D eigenvalue weighted by Crippen LogP contribution is 2.37. The van der Waals surface area contributed by atoms with Gasteiger partial charge in [-0.3, -0.25) is 0 Å². The molecule has 1 aliphatic rings. The van der Waals surface area contributed by atoms with Gasteiger partial charge in [-0.15, -0.1) is 0 Å². The van der Waals surface area contributed by atoms with E-state index >= 15 is 0 Å². The Hall–Kier alpha value is -2.21. The van der Waals surface area contributed by atoms with Crippen LogP contribution in [0.4, 0.5) is 8.78 Å². The Kier molecular flexibility index (Phi) is 6.39. The number of pyridine rings is 1. The Morgan fingerprint density at radius 3 is 2.35 bits per heavy atom. The Morgan fingerprint density at radius 1 is 0.962 bits per heavy atom. The van der Waals surface area contributed by atoms with E-state index in [1.165, 1.54) is 56.6 Å². The number of benzene rings is 1. The van der Waals surface area contributed by atoms with Crippen molar-refractivity contribution in [3.63, 3.8) is 0 Å². The van der Waals surface area contributed by atoms with Gasteiger partial charge in [0, 0.05) is 5.56 Å². The summed E-state index contributed by atoms with van der Waals surface area (Å²) in [4.78, 5) is 3.15. The van der Waals surface area contributed by atoms with Crippen LogP contribution in [0.25, 0.3) is 0 Å². The quantitative estimate of drug-likeness (QED) is 0.469. The summed E-state index contributed by atoms with van der Waals surface area (Å²) in [7, 11) is 0. The van der Waals surface area contributed by atoms with Crippen LogP contribution in [0.15, 0.2) is 36.4 Å². The maximum atomic E-state index is 13.5. The van der Waals surface area contributed by atoms with Gasteiger partial charge in [-0.25, -0.2) is 0 Å². The summed E-state index contributed by atoms with van der Waals surface area (Å²) in [5.41, 5.74) is 2.31. The first-order chi connectivity index (χ1) is 12.7. The third kappa shape index (κ3) is 4.91. The first-order valence-electron chi connectivity index (χ1n) is 9.59. The van der Waals surface area contributed by atoms with E-state index in [0.717, 1.165) is 17.5 Å². The molecule has 0 N–H and O–H groups in total. The van der Waals surface area contributed by atoms with E-state index in [-0.39, 0.29) is 5.56 Å². The van der Waals surface area contributed by atoms with Gasteiger partial charge in [0.25, 0.3) is 0 Å². The van der Waals surface area contributed by atoms with Crippen LogP contribution in [0, 0.1) is 29.7 Å². The molecule has 1 aliphatic carbocycles. The number of halogens is 2. The minimum atomic E-state index is -0.867. The van der Waals surface area contributed by atoms with E-state index in [1.54, 1.807) is 0 Å². The number of hydrogen-bond donors (Lipinski definition) is 0. The fraction of sp³-hybridized carbons (Fsp3) is 0.435. The minimum Gasteiger partial charge on any atom is -0.189 e. The average Bonchev–Trinajstić information content (AvgIpc) is 2.66. The third-order valence-corrected chi connectivity index (χ3v) is 5.35. The molecular weight excluding hydrogens is 328 g/mol.